The fraction of sp³-hybridized carbons (Fsp3) is 0.400. The fourth-order valence-electron chi connectivity index (χ4n) is 1.91. The van der Waals surface area contributed by atoms with Crippen LogP contribution in [-0.2, 0) is 9.53 Å². The standard InChI is InChI=1S/C15H18FO3.Tl/c1-5-18-15(17)14(10(2)3)13-7-6-12(19-9-16)8-11(13)4;/h6-9H,5H2,1-4H3;. The van der Waals surface area contributed by atoms with Gasteiger partial charge in [0.1, 0.15) is 0 Å². The first-order chi connectivity index (χ1) is 9.36. The van der Waals surface area contributed by atoms with Gasteiger partial charge in [-0.3, -0.25) is 0 Å². The van der Waals surface area contributed by atoms with Gasteiger partial charge in [0.15, 0.2) is 0 Å². The van der Waals surface area contributed by atoms with Crippen molar-refractivity contribution in [1.29, 1.82) is 0 Å². The van der Waals surface area contributed by atoms with Crippen molar-refractivity contribution in [2.24, 2.45) is 0 Å². The van der Waals surface area contributed by atoms with Crippen LogP contribution >= 0.6 is 0 Å². The average Bonchev–Trinajstić information content (AvgIpc) is 2.31. The number of benzene rings is 1. The van der Waals surface area contributed by atoms with Gasteiger partial charge < -0.3 is 0 Å². The Morgan fingerprint density at radius 2 is 2.05 bits per heavy atom. The van der Waals surface area contributed by atoms with E-state index in [0.717, 1.165) is 16.7 Å². The molecule has 0 aliphatic carbocycles. The second-order valence-electron chi connectivity index (χ2n) is 4.54. The van der Waals surface area contributed by atoms with Crippen molar-refractivity contribution in [1.82, 2.24) is 0 Å². The van der Waals surface area contributed by atoms with E-state index in [2.05, 4.69) is 0 Å². The molecule has 0 spiro atoms. The monoisotopic (exact) mass is 470 g/mol. The van der Waals surface area contributed by atoms with E-state index in [-0.39, 0.29) is 31.7 Å². The zero-order valence-electron chi connectivity index (χ0n) is 12.2. The van der Waals surface area contributed by atoms with Gasteiger partial charge in [0.05, 0.1) is 0 Å². The summed E-state index contributed by atoms with van der Waals surface area (Å²) in [7, 11) is 0. The Morgan fingerprint density at radius 1 is 1.40 bits per heavy atom. The summed E-state index contributed by atoms with van der Waals surface area (Å²) < 4.78 is 21.9. The maximum atomic E-state index is 12.9. The third kappa shape index (κ3) is 4.57. The van der Waals surface area contributed by atoms with Crippen molar-refractivity contribution < 1.29 is 18.7 Å². The number of hydrogen-bond donors (Lipinski definition) is 0. The van der Waals surface area contributed by atoms with E-state index < -0.39 is 3.92 Å². The summed E-state index contributed by atoms with van der Waals surface area (Å²) >= 11 is 0.118. The van der Waals surface area contributed by atoms with Crippen molar-refractivity contribution in [3.05, 3.63) is 34.9 Å². The number of carbonyl (C=O) groups excluding carboxylic acids is 1. The van der Waals surface area contributed by atoms with Crippen LogP contribution in [0.25, 0.3) is 5.57 Å². The van der Waals surface area contributed by atoms with Crippen LogP contribution in [0.3, 0.4) is 0 Å². The van der Waals surface area contributed by atoms with Gasteiger partial charge >= 0.3 is 135 Å². The summed E-state index contributed by atoms with van der Waals surface area (Å²) in [6.07, 6.45) is 0. The minimum absolute atomic E-state index is 0.118. The Balaban J connectivity index is 3.17. The van der Waals surface area contributed by atoms with Crippen LogP contribution in [-0.4, -0.2) is 42.3 Å². The van der Waals surface area contributed by atoms with Crippen LogP contribution in [0, 0.1) is 6.92 Å². The molecule has 3 nitrogen and oxygen atoms in total. The fourth-order valence-corrected chi connectivity index (χ4v) is 2.52. The Hall–Kier alpha value is -0.918. The Morgan fingerprint density at radius 3 is 2.50 bits per heavy atom. The average molecular weight is 470 g/mol. The summed E-state index contributed by atoms with van der Waals surface area (Å²) in [5.74, 6) is 0.148. The molecule has 0 amide bonds. The maximum absolute atomic E-state index is 12.9. The van der Waals surface area contributed by atoms with Crippen molar-refractivity contribution in [3.63, 3.8) is 0 Å². The number of carbonyl (C=O) groups is 1. The quantitative estimate of drug-likeness (QED) is 0.378. The van der Waals surface area contributed by atoms with E-state index in [1.54, 1.807) is 25.1 Å². The van der Waals surface area contributed by atoms with Crippen molar-refractivity contribution in [2.45, 2.75) is 31.6 Å². The molecule has 106 valence electrons. The molecule has 1 aromatic carbocycles. The molecule has 0 radical (unpaired) electrons. The summed E-state index contributed by atoms with van der Waals surface area (Å²) in [6.45, 7) is 7.71. The van der Waals surface area contributed by atoms with Crippen molar-refractivity contribution in [2.75, 3.05) is 6.61 Å². The number of esters is 1. The topological polar surface area (TPSA) is 35.5 Å². The van der Waals surface area contributed by atoms with Gasteiger partial charge in [0, 0.05) is 0 Å². The molecule has 0 N–H and O–H groups in total. The number of hydrogen-bond acceptors (Lipinski definition) is 3. The molecule has 1 rings (SSSR count). The van der Waals surface area contributed by atoms with Gasteiger partial charge in [-0.2, -0.15) is 0 Å². The molecule has 1 atom stereocenters. The summed E-state index contributed by atoms with van der Waals surface area (Å²) in [5.41, 5.74) is 3.09. The van der Waals surface area contributed by atoms with Gasteiger partial charge in [-0.25, -0.2) is 0 Å². The molecule has 0 saturated carbocycles. The molecular formula is C15H18FO3Tl. The van der Waals surface area contributed by atoms with Crippen LogP contribution in [0.4, 0.5) is 4.39 Å². The molecule has 0 saturated heterocycles. The van der Waals surface area contributed by atoms with E-state index in [0.29, 0.717) is 17.9 Å². The molecule has 5 heteroatoms. The van der Waals surface area contributed by atoms with Crippen LogP contribution in [0.15, 0.2) is 23.8 Å². The van der Waals surface area contributed by atoms with Gasteiger partial charge in [-0.1, -0.05) is 0 Å². The number of ether oxygens (including phenoxy) is 2. The summed E-state index contributed by atoms with van der Waals surface area (Å²) in [6, 6.07) is 5.20. The van der Waals surface area contributed by atoms with Crippen molar-refractivity contribution >= 4 is 37.3 Å². The Kier molecular flexibility index (Phi) is 6.64. The molecule has 0 aliphatic heterocycles. The number of rotatable bonds is 5. The number of alkyl halides is 1. The third-order valence-corrected chi connectivity index (χ3v) is 3.22. The predicted molar refractivity (Wildman–Crippen MR) is 77.4 cm³/mol. The number of allylic oxidation sites excluding steroid dienone is 1. The normalized spacial score (nSPS) is 11.6. The predicted octanol–water partition coefficient (Wildman–Crippen LogP) is 3.15. The first kappa shape index (κ1) is 17.1. The molecule has 1 unspecified atom stereocenters. The third-order valence-electron chi connectivity index (χ3n) is 2.70. The Labute approximate surface area is 134 Å². The first-order valence-electron chi connectivity index (χ1n) is 6.38. The van der Waals surface area contributed by atoms with Crippen LogP contribution in [0.2, 0.25) is 0 Å². The molecule has 20 heavy (non-hydrogen) atoms. The summed E-state index contributed by atoms with van der Waals surface area (Å²) in [4.78, 5) is 12.0. The Bertz CT molecular complexity index is 520. The molecule has 0 bridgehead atoms. The first-order valence-corrected chi connectivity index (χ1v) is 8.98. The zero-order chi connectivity index (χ0) is 15.3. The molecule has 0 fully saturated rings. The minimum atomic E-state index is -1.20. The van der Waals surface area contributed by atoms with E-state index in [1.165, 1.54) is 0 Å². The van der Waals surface area contributed by atoms with Gasteiger partial charge in [-0.15, -0.1) is 0 Å². The number of aryl methyl sites for hydroxylation is 1. The van der Waals surface area contributed by atoms with E-state index in [9.17, 15) is 9.18 Å². The second kappa shape index (κ2) is 7.76. The van der Waals surface area contributed by atoms with Gasteiger partial charge in [-0.05, 0) is 0 Å². The van der Waals surface area contributed by atoms with E-state index >= 15 is 0 Å². The van der Waals surface area contributed by atoms with Crippen LogP contribution in [0.1, 0.15) is 31.9 Å². The van der Waals surface area contributed by atoms with E-state index in [4.69, 9.17) is 9.47 Å². The van der Waals surface area contributed by atoms with Crippen LogP contribution < -0.4 is 4.74 Å². The molecule has 0 aliphatic rings. The molecule has 1 aromatic rings. The van der Waals surface area contributed by atoms with Gasteiger partial charge in [0.25, 0.3) is 0 Å². The SMILES string of the molecule is CCOC(=O)C(=C(C)C)c1ccc(O[CH](F)[Tl])cc1C. The zero-order valence-corrected chi connectivity index (χ0v) is 16.7. The van der Waals surface area contributed by atoms with Crippen LogP contribution in [0.5, 0.6) is 5.75 Å². The molecule has 0 aromatic heterocycles. The van der Waals surface area contributed by atoms with Crippen molar-refractivity contribution in [3.8, 4) is 5.75 Å². The second-order valence-corrected chi connectivity index (χ2v) is 6.58. The van der Waals surface area contributed by atoms with Gasteiger partial charge in [0.2, 0.25) is 0 Å². The molecular weight excluding hydrogens is 452 g/mol. The number of halogens is 1. The van der Waals surface area contributed by atoms with E-state index in [1.807, 2.05) is 20.8 Å². The molecule has 0 heterocycles. The summed E-state index contributed by atoms with van der Waals surface area (Å²) in [5, 5.41) is 0.